The molecule has 0 aliphatic carbocycles. The molecular formula is C22H21ClN2O4. The van der Waals surface area contributed by atoms with Crippen molar-refractivity contribution in [3.05, 3.63) is 88.8 Å². The lowest BCUT2D eigenvalue weighted by Crippen LogP contribution is -2.41. The number of nitrogens with one attached hydrogen (secondary N) is 2. The Hall–Kier alpha value is -3.09. The first kappa shape index (κ1) is 20.6. The third kappa shape index (κ3) is 5.94. The molecule has 0 radical (unpaired) electrons. The SMILES string of the molecule is CC(NC(=O)c1ccccc1Cl)C(=O)Nc1cccc(COCc2ccco2)c1. The van der Waals surface area contributed by atoms with Gasteiger partial charge in [-0.25, -0.2) is 0 Å². The second-order valence-electron chi connectivity index (χ2n) is 6.44. The molecule has 7 heteroatoms. The lowest BCUT2D eigenvalue weighted by molar-refractivity contribution is -0.117. The minimum Gasteiger partial charge on any atom is -0.467 e. The molecule has 2 N–H and O–H groups in total. The smallest absolute Gasteiger partial charge is 0.253 e. The zero-order chi connectivity index (χ0) is 20.6. The molecule has 0 spiro atoms. The van der Waals surface area contributed by atoms with Crippen molar-refractivity contribution in [1.29, 1.82) is 0 Å². The number of carbonyl (C=O) groups is 2. The Morgan fingerprint density at radius 3 is 2.66 bits per heavy atom. The van der Waals surface area contributed by atoms with Crippen LogP contribution >= 0.6 is 11.6 Å². The van der Waals surface area contributed by atoms with E-state index in [1.807, 2.05) is 24.3 Å². The van der Waals surface area contributed by atoms with Crippen molar-refractivity contribution in [3.63, 3.8) is 0 Å². The highest BCUT2D eigenvalue weighted by atomic mass is 35.5. The Kier molecular flexibility index (Phi) is 7.05. The topological polar surface area (TPSA) is 80.6 Å². The Labute approximate surface area is 173 Å². The summed E-state index contributed by atoms with van der Waals surface area (Å²) in [5.74, 6) is 0.00919. The van der Waals surface area contributed by atoms with Gasteiger partial charge in [0.05, 0.1) is 23.5 Å². The number of amides is 2. The van der Waals surface area contributed by atoms with Gasteiger partial charge >= 0.3 is 0 Å². The number of hydrogen-bond acceptors (Lipinski definition) is 4. The third-order valence-electron chi connectivity index (χ3n) is 4.15. The van der Waals surface area contributed by atoms with Crippen molar-refractivity contribution in [1.82, 2.24) is 5.32 Å². The molecule has 6 nitrogen and oxygen atoms in total. The van der Waals surface area contributed by atoms with E-state index in [9.17, 15) is 9.59 Å². The summed E-state index contributed by atoms with van der Waals surface area (Å²) in [5, 5.41) is 5.78. The standard InChI is InChI=1S/C22H21ClN2O4/c1-15(24-22(27)19-9-2-3-10-20(19)23)21(26)25-17-7-4-6-16(12-17)13-28-14-18-8-5-11-29-18/h2-12,15H,13-14H2,1H3,(H,24,27)(H,25,26). The van der Waals surface area contributed by atoms with Crippen LogP contribution in [0.4, 0.5) is 5.69 Å². The Balaban J connectivity index is 1.52. The lowest BCUT2D eigenvalue weighted by Gasteiger charge is -2.15. The van der Waals surface area contributed by atoms with Gasteiger partial charge in [0.25, 0.3) is 5.91 Å². The quantitative estimate of drug-likeness (QED) is 0.574. The monoisotopic (exact) mass is 412 g/mol. The molecule has 2 aromatic carbocycles. The number of hydrogen-bond donors (Lipinski definition) is 2. The molecule has 0 aliphatic rings. The zero-order valence-electron chi connectivity index (χ0n) is 15.9. The van der Waals surface area contributed by atoms with E-state index >= 15 is 0 Å². The molecule has 150 valence electrons. The predicted octanol–water partition coefficient (Wildman–Crippen LogP) is 4.41. The van der Waals surface area contributed by atoms with Crippen LogP contribution in [0.15, 0.2) is 71.3 Å². The van der Waals surface area contributed by atoms with Gasteiger partial charge in [-0.2, -0.15) is 0 Å². The normalized spacial score (nSPS) is 11.7. The maximum atomic E-state index is 12.4. The molecule has 0 bridgehead atoms. The highest BCUT2D eigenvalue weighted by Crippen LogP contribution is 2.16. The van der Waals surface area contributed by atoms with Gasteiger partial charge in [0, 0.05) is 5.69 Å². The number of anilines is 1. The van der Waals surface area contributed by atoms with Gasteiger partial charge in [0.2, 0.25) is 5.91 Å². The fourth-order valence-corrected chi connectivity index (χ4v) is 2.86. The molecule has 0 fully saturated rings. The number of carbonyl (C=O) groups excluding carboxylic acids is 2. The number of rotatable bonds is 8. The van der Waals surface area contributed by atoms with E-state index in [4.69, 9.17) is 20.8 Å². The fraction of sp³-hybridized carbons (Fsp3) is 0.182. The lowest BCUT2D eigenvalue weighted by atomic mass is 10.2. The summed E-state index contributed by atoms with van der Waals surface area (Å²) in [6.45, 7) is 2.36. The van der Waals surface area contributed by atoms with E-state index in [1.165, 1.54) is 0 Å². The van der Waals surface area contributed by atoms with Gasteiger partial charge in [-0.1, -0.05) is 35.9 Å². The van der Waals surface area contributed by atoms with Gasteiger partial charge in [-0.05, 0) is 48.9 Å². The van der Waals surface area contributed by atoms with Crippen molar-refractivity contribution in [3.8, 4) is 0 Å². The average Bonchev–Trinajstić information content (AvgIpc) is 3.22. The van der Waals surface area contributed by atoms with E-state index in [0.29, 0.717) is 29.5 Å². The number of benzene rings is 2. The summed E-state index contributed by atoms with van der Waals surface area (Å²) in [6, 6.07) is 16.9. The first-order chi connectivity index (χ1) is 14.0. The summed E-state index contributed by atoms with van der Waals surface area (Å²) < 4.78 is 10.8. The number of furan rings is 1. The molecule has 1 aromatic heterocycles. The van der Waals surface area contributed by atoms with Crippen LogP contribution in [-0.4, -0.2) is 17.9 Å². The van der Waals surface area contributed by atoms with Crippen molar-refractivity contribution >= 4 is 29.1 Å². The third-order valence-corrected chi connectivity index (χ3v) is 4.48. The highest BCUT2D eigenvalue weighted by Gasteiger charge is 2.18. The van der Waals surface area contributed by atoms with E-state index in [1.54, 1.807) is 49.6 Å². The Morgan fingerprint density at radius 2 is 1.90 bits per heavy atom. The number of ether oxygens (including phenoxy) is 1. The van der Waals surface area contributed by atoms with Crippen LogP contribution in [-0.2, 0) is 22.7 Å². The highest BCUT2D eigenvalue weighted by molar-refractivity contribution is 6.33. The van der Waals surface area contributed by atoms with Gasteiger partial charge < -0.3 is 19.8 Å². The van der Waals surface area contributed by atoms with Gasteiger partial charge in [-0.15, -0.1) is 0 Å². The summed E-state index contributed by atoms with van der Waals surface area (Å²) >= 11 is 6.02. The van der Waals surface area contributed by atoms with Gasteiger partial charge in [0.1, 0.15) is 18.4 Å². The molecule has 1 heterocycles. The molecule has 0 saturated heterocycles. The molecule has 29 heavy (non-hydrogen) atoms. The number of halogens is 1. The van der Waals surface area contributed by atoms with E-state index < -0.39 is 11.9 Å². The first-order valence-electron chi connectivity index (χ1n) is 9.08. The van der Waals surface area contributed by atoms with Crippen LogP contribution in [0.5, 0.6) is 0 Å². The second kappa shape index (κ2) is 9.91. The Bertz CT molecular complexity index is 972. The maximum Gasteiger partial charge on any atom is 0.253 e. The predicted molar refractivity (Wildman–Crippen MR) is 111 cm³/mol. The van der Waals surface area contributed by atoms with Crippen molar-refractivity contribution < 1.29 is 18.7 Å². The molecular weight excluding hydrogens is 392 g/mol. The van der Waals surface area contributed by atoms with Crippen LogP contribution < -0.4 is 10.6 Å². The molecule has 1 unspecified atom stereocenters. The molecule has 3 aromatic rings. The maximum absolute atomic E-state index is 12.4. The van der Waals surface area contributed by atoms with Crippen LogP contribution in [0.1, 0.15) is 28.6 Å². The van der Waals surface area contributed by atoms with Crippen LogP contribution in [0, 0.1) is 0 Å². The van der Waals surface area contributed by atoms with E-state index in [2.05, 4.69) is 10.6 Å². The average molecular weight is 413 g/mol. The summed E-state index contributed by atoms with van der Waals surface area (Å²) in [5.41, 5.74) is 1.85. The van der Waals surface area contributed by atoms with Crippen molar-refractivity contribution in [2.45, 2.75) is 26.2 Å². The minimum absolute atomic E-state index is 0.324. The molecule has 2 amide bonds. The molecule has 1 atom stereocenters. The van der Waals surface area contributed by atoms with Crippen LogP contribution in [0.25, 0.3) is 0 Å². The zero-order valence-corrected chi connectivity index (χ0v) is 16.6. The summed E-state index contributed by atoms with van der Waals surface area (Å²) in [4.78, 5) is 24.7. The summed E-state index contributed by atoms with van der Waals surface area (Å²) in [7, 11) is 0. The van der Waals surface area contributed by atoms with Crippen molar-refractivity contribution in [2.24, 2.45) is 0 Å². The van der Waals surface area contributed by atoms with Crippen LogP contribution in [0.2, 0.25) is 5.02 Å². The van der Waals surface area contributed by atoms with Gasteiger partial charge in [0.15, 0.2) is 0 Å². The van der Waals surface area contributed by atoms with Gasteiger partial charge in [-0.3, -0.25) is 9.59 Å². The van der Waals surface area contributed by atoms with Crippen LogP contribution in [0.3, 0.4) is 0 Å². The fourth-order valence-electron chi connectivity index (χ4n) is 2.64. The minimum atomic E-state index is -0.738. The largest absolute Gasteiger partial charge is 0.467 e. The van der Waals surface area contributed by atoms with E-state index in [-0.39, 0.29) is 5.91 Å². The molecule has 0 saturated carbocycles. The Morgan fingerprint density at radius 1 is 1.07 bits per heavy atom. The molecule has 3 rings (SSSR count). The first-order valence-corrected chi connectivity index (χ1v) is 9.46. The van der Waals surface area contributed by atoms with E-state index in [0.717, 1.165) is 11.3 Å². The summed E-state index contributed by atoms with van der Waals surface area (Å²) in [6.07, 6.45) is 1.60. The molecule has 0 aliphatic heterocycles. The second-order valence-corrected chi connectivity index (χ2v) is 6.84. The van der Waals surface area contributed by atoms with Crippen molar-refractivity contribution in [2.75, 3.05) is 5.32 Å².